The van der Waals surface area contributed by atoms with Crippen molar-refractivity contribution in [3.8, 4) is 0 Å². The van der Waals surface area contributed by atoms with Crippen LogP contribution in [0.1, 0.15) is 56.0 Å². The second-order valence-corrected chi connectivity index (χ2v) is 9.70. The standard InChI is InChI=1S/C22H30N6O/c1-14-7-5-6-8-16(14)20(29)27-26-18-17(23)19(25-13-24-18)28-12-22(4)10-15(28)9-21(2,3)11-22/h5-8,13,15H,9-12,23H2,1-4H3,(H,27,29)(H,24,25,26). The molecule has 4 N–H and O–H groups in total. The van der Waals surface area contributed by atoms with Crippen LogP contribution in [0.15, 0.2) is 30.6 Å². The second kappa shape index (κ2) is 6.90. The third-order valence-electron chi connectivity index (χ3n) is 6.23. The van der Waals surface area contributed by atoms with E-state index in [1.165, 1.54) is 12.7 Å². The maximum Gasteiger partial charge on any atom is 0.269 e. The number of hydrogen-bond acceptors (Lipinski definition) is 6. The molecular formula is C22H30N6O. The molecule has 1 aromatic heterocycles. The van der Waals surface area contributed by atoms with Crippen molar-refractivity contribution in [2.24, 2.45) is 10.8 Å². The van der Waals surface area contributed by atoms with Crippen LogP contribution in [0.25, 0.3) is 0 Å². The molecule has 4 rings (SSSR count). The number of hydrogen-bond donors (Lipinski definition) is 3. The summed E-state index contributed by atoms with van der Waals surface area (Å²) in [7, 11) is 0. The highest BCUT2D eigenvalue weighted by molar-refractivity contribution is 5.96. The number of nitrogen functional groups attached to an aromatic ring is 1. The summed E-state index contributed by atoms with van der Waals surface area (Å²) in [6, 6.07) is 7.86. The number of benzene rings is 1. The largest absolute Gasteiger partial charge is 0.393 e. The van der Waals surface area contributed by atoms with E-state index in [1.807, 2.05) is 25.1 Å². The Bertz CT molecular complexity index is 943. The fourth-order valence-electron chi connectivity index (χ4n) is 5.43. The van der Waals surface area contributed by atoms with Gasteiger partial charge in [-0.3, -0.25) is 15.6 Å². The summed E-state index contributed by atoms with van der Waals surface area (Å²) in [6.45, 7) is 9.90. The molecule has 1 saturated carbocycles. The Morgan fingerprint density at radius 3 is 2.72 bits per heavy atom. The summed E-state index contributed by atoms with van der Waals surface area (Å²) in [5.74, 6) is 0.941. The molecule has 7 heteroatoms. The number of aromatic nitrogens is 2. The van der Waals surface area contributed by atoms with Crippen molar-refractivity contribution < 1.29 is 4.79 Å². The van der Waals surface area contributed by atoms with Gasteiger partial charge >= 0.3 is 0 Å². The van der Waals surface area contributed by atoms with Gasteiger partial charge in [-0.25, -0.2) is 9.97 Å². The van der Waals surface area contributed by atoms with Crippen LogP contribution in [0.2, 0.25) is 0 Å². The topological polar surface area (TPSA) is 96.2 Å². The van der Waals surface area contributed by atoms with Gasteiger partial charge in [0.25, 0.3) is 5.91 Å². The van der Waals surface area contributed by atoms with Crippen LogP contribution in [0.5, 0.6) is 0 Å². The number of rotatable bonds is 4. The van der Waals surface area contributed by atoms with Crippen molar-refractivity contribution >= 4 is 23.2 Å². The molecule has 1 saturated heterocycles. The summed E-state index contributed by atoms with van der Waals surface area (Å²) in [6.07, 6.45) is 4.99. The Balaban J connectivity index is 1.53. The minimum absolute atomic E-state index is 0.228. The van der Waals surface area contributed by atoms with Gasteiger partial charge in [-0.05, 0) is 48.6 Å². The number of carbonyl (C=O) groups is 1. The first kappa shape index (κ1) is 19.5. The average molecular weight is 395 g/mol. The zero-order valence-electron chi connectivity index (χ0n) is 17.6. The van der Waals surface area contributed by atoms with E-state index in [9.17, 15) is 4.79 Å². The normalized spacial score (nSPS) is 25.0. The van der Waals surface area contributed by atoms with E-state index < -0.39 is 0 Å². The lowest BCUT2D eigenvalue weighted by Gasteiger charge is -2.39. The number of nitrogens with one attached hydrogen (secondary N) is 2. The van der Waals surface area contributed by atoms with Crippen LogP contribution in [-0.2, 0) is 0 Å². The lowest BCUT2D eigenvalue weighted by atomic mass is 9.65. The van der Waals surface area contributed by atoms with Crippen molar-refractivity contribution in [3.05, 3.63) is 41.7 Å². The number of nitrogens with zero attached hydrogens (tertiary/aromatic N) is 3. The molecule has 2 heterocycles. The van der Waals surface area contributed by atoms with E-state index in [4.69, 9.17) is 5.73 Å². The third kappa shape index (κ3) is 3.73. The van der Waals surface area contributed by atoms with Gasteiger partial charge in [-0.2, -0.15) is 0 Å². The number of amides is 1. The summed E-state index contributed by atoms with van der Waals surface area (Å²) in [5, 5.41) is 0. The van der Waals surface area contributed by atoms with Crippen LogP contribution in [-0.4, -0.2) is 28.5 Å². The number of anilines is 3. The zero-order chi connectivity index (χ0) is 20.8. The number of nitrogens with two attached hydrogens (primary N) is 1. The minimum atomic E-state index is -0.228. The zero-order valence-corrected chi connectivity index (χ0v) is 17.6. The van der Waals surface area contributed by atoms with Crippen LogP contribution < -0.4 is 21.5 Å². The Kier molecular flexibility index (Phi) is 4.63. The van der Waals surface area contributed by atoms with Crippen molar-refractivity contribution in [1.82, 2.24) is 15.4 Å². The molecule has 0 radical (unpaired) electrons. The molecule has 0 spiro atoms. The van der Waals surface area contributed by atoms with Gasteiger partial charge in [0.2, 0.25) is 0 Å². The molecular weight excluding hydrogens is 364 g/mol. The molecule has 2 aromatic rings. The summed E-state index contributed by atoms with van der Waals surface area (Å²) in [4.78, 5) is 23.6. The molecule has 2 unspecified atom stereocenters. The van der Waals surface area contributed by atoms with Crippen molar-refractivity contribution in [2.45, 2.75) is 53.0 Å². The molecule has 1 aliphatic heterocycles. The lowest BCUT2D eigenvalue weighted by Crippen LogP contribution is -2.35. The SMILES string of the molecule is Cc1ccccc1C(=O)NNc1ncnc(N2CC3(C)CC2CC(C)(C)C3)c1N. The first-order chi connectivity index (χ1) is 13.7. The van der Waals surface area contributed by atoms with Gasteiger partial charge in [0.15, 0.2) is 11.6 Å². The second-order valence-electron chi connectivity index (χ2n) is 9.70. The maximum atomic E-state index is 12.5. The predicted octanol–water partition coefficient (Wildman–Crippen LogP) is 3.53. The number of fused-ring (bicyclic) bond motifs is 2. The van der Waals surface area contributed by atoms with E-state index >= 15 is 0 Å². The quantitative estimate of drug-likeness (QED) is 0.687. The Hall–Kier alpha value is -2.83. The van der Waals surface area contributed by atoms with Gasteiger partial charge in [-0.1, -0.05) is 39.0 Å². The maximum absolute atomic E-state index is 12.5. The van der Waals surface area contributed by atoms with E-state index in [-0.39, 0.29) is 11.3 Å². The van der Waals surface area contributed by atoms with Crippen molar-refractivity contribution in [3.63, 3.8) is 0 Å². The van der Waals surface area contributed by atoms with Crippen LogP contribution in [0.4, 0.5) is 17.3 Å². The molecule has 2 bridgehead atoms. The van der Waals surface area contributed by atoms with E-state index in [0.717, 1.165) is 30.8 Å². The van der Waals surface area contributed by atoms with E-state index in [0.29, 0.717) is 28.5 Å². The third-order valence-corrected chi connectivity index (χ3v) is 6.23. The fraction of sp³-hybridized carbons (Fsp3) is 0.500. The smallest absolute Gasteiger partial charge is 0.269 e. The van der Waals surface area contributed by atoms with E-state index in [1.54, 1.807) is 6.07 Å². The molecule has 7 nitrogen and oxygen atoms in total. The minimum Gasteiger partial charge on any atom is -0.393 e. The average Bonchev–Trinajstić information content (AvgIpc) is 2.89. The van der Waals surface area contributed by atoms with E-state index in [2.05, 4.69) is 46.5 Å². The Morgan fingerprint density at radius 1 is 1.21 bits per heavy atom. The number of carbonyl (C=O) groups excluding carboxylic acids is 1. The summed E-state index contributed by atoms with van der Waals surface area (Å²) < 4.78 is 0. The Morgan fingerprint density at radius 2 is 1.97 bits per heavy atom. The van der Waals surface area contributed by atoms with Crippen molar-refractivity contribution in [2.75, 3.05) is 22.6 Å². The highest BCUT2D eigenvalue weighted by Gasteiger charge is 2.50. The number of hydrazine groups is 1. The molecule has 29 heavy (non-hydrogen) atoms. The molecule has 154 valence electrons. The summed E-state index contributed by atoms with van der Waals surface area (Å²) >= 11 is 0. The number of aryl methyl sites for hydroxylation is 1. The monoisotopic (exact) mass is 394 g/mol. The summed E-state index contributed by atoms with van der Waals surface area (Å²) in [5.41, 5.74) is 14.6. The van der Waals surface area contributed by atoms with Crippen LogP contribution in [0.3, 0.4) is 0 Å². The molecule has 1 amide bonds. The first-order valence-corrected chi connectivity index (χ1v) is 10.2. The van der Waals surface area contributed by atoms with Gasteiger partial charge in [0.1, 0.15) is 12.0 Å². The van der Waals surface area contributed by atoms with Crippen molar-refractivity contribution in [1.29, 1.82) is 0 Å². The first-order valence-electron chi connectivity index (χ1n) is 10.2. The highest BCUT2D eigenvalue weighted by Crippen LogP contribution is 2.53. The van der Waals surface area contributed by atoms with Crippen LogP contribution in [0, 0.1) is 17.8 Å². The molecule has 2 fully saturated rings. The van der Waals surface area contributed by atoms with Gasteiger partial charge in [-0.15, -0.1) is 0 Å². The molecule has 2 atom stereocenters. The lowest BCUT2D eigenvalue weighted by molar-refractivity contribution is 0.0962. The molecule has 1 aromatic carbocycles. The fourth-order valence-corrected chi connectivity index (χ4v) is 5.43. The molecule has 2 aliphatic rings. The van der Waals surface area contributed by atoms with Gasteiger partial charge in [0.05, 0.1) is 0 Å². The predicted molar refractivity (Wildman–Crippen MR) is 116 cm³/mol. The highest BCUT2D eigenvalue weighted by atomic mass is 16.2. The van der Waals surface area contributed by atoms with Gasteiger partial charge < -0.3 is 10.6 Å². The van der Waals surface area contributed by atoms with Crippen LogP contribution >= 0.6 is 0 Å². The van der Waals surface area contributed by atoms with Gasteiger partial charge in [0, 0.05) is 18.2 Å². The Labute approximate surface area is 172 Å². The molecule has 1 aliphatic carbocycles.